The van der Waals surface area contributed by atoms with E-state index < -0.39 is 11.9 Å². The monoisotopic (exact) mass is 281 g/mol. The molecule has 86 valence electrons. The second kappa shape index (κ2) is 4.91. The minimum atomic E-state index is -1.26. The van der Waals surface area contributed by atoms with Crippen molar-refractivity contribution in [2.75, 3.05) is 5.32 Å². The van der Waals surface area contributed by atoms with Crippen LogP contribution >= 0.6 is 34.8 Å². The van der Waals surface area contributed by atoms with Crippen LogP contribution in [-0.4, -0.2) is 17.0 Å². The van der Waals surface area contributed by atoms with E-state index in [2.05, 4.69) is 5.32 Å². The molecule has 1 aromatic rings. The van der Waals surface area contributed by atoms with Crippen LogP contribution in [0.4, 0.5) is 5.69 Å². The Morgan fingerprint density at radius 3 is 2.25 bits per heavy atom. The number of aromatic carboxylic acids is 1. The number of nitrogens with one attached hydrogen (secondary N) is 1. The van der Waals surface area contributed by atoms with Gasteiger partial charge in [0.15, 0.2) is 0 Å². The number of amides is 1. The van der Waals surface area contributed by atoms with Crippen LogP contribution in [0.15, 0.2) is 6.07 Å². The zero-order chi connectivity index (χ0) is 12.5. The highest BCUT2D eigenvalue weighted by molar-refractivity contribution is 6.49. The summed E-state index contributed by atoms with van der Waals surface area (Å²) in [7, 11) is 0. The summed E-state index contributed by atoms with van der Waals surface area (Å²) in [5.74, 6) is -1.72. The van der Waals surface area contributed by atoms with Gasteiger partial charge in [0.25, 0.3) is 0 Å². The predicted molar refractivity (Wildman–Crippen MR) is 62.7 cm³/mol. The van der Waals surface area contributed by atoms with Crippen LogP contribution in [-0.2, 0) is 4.79 Å². The summed E-state index contributed by atoms with van der Waals surface area (Å²) in [6, 6.07) is 1.13. The number of carboxylic acids is 1. The Morgan fingerprint density at radius 2 is 1.81 bits per heavy atom. The van der Waals surface area contributed by atoms with Crippen LogP contribution in [0.5, 0.6) is 0 Å². The third kappa shape index (κ3) is 2.58. The SMILES string of the molecule is CC(=O)Nc1c(C(=O)O)cc(Cl)c(Cl)c1Cl. The first-order chi connectivity index (χ1) is 7.34. The van der Waals surface area contributed by atoms with Gasteiger partial charge in [0.2, 0.25) is 5.91 Å². The van der Waals surface area contributed by atoms with Crippen molar-refractivity contribution in [3.8, 4) is 0 Å². The average molecular weight is 283 g/mol. The zero-order valence-corrected chi connectivity index (χ0v) is 10.2. The number of anilines is 1. The molecule has 0 saturated heterocycles. The smallest absolute Gasteiger partial charge is 0.337 e. The molecule has 0 saturated carbocycles. The topological polar surface area (TPSA) is 66.4 Å². The second-order valence-electron chi connectivity index (χ2n) is 2.90. The molecular formula is C9H6Cl3NO3. The number of hydrogen-bond acceptors (Lipinski definition) is 2. The number of hydrogen-bond donors (Lipinski definition) is 2. The molecule has 1 rings (SSSR count). The highest BCUT2D eigenvalue weighted by Crippen LogP contribution is 2.38. The maximum Gasteiger partial charge on any atom is 0.337 e. The molecule has 4 nitrogen and oxygen atoms in total. The molecular weight excluding hydrogens is 276 g/mol. The minimum Gasteiger partial charge on any atom is -0.478 e. The van der Waals surface area contributed by atoms with Gasteiger partial charge in [0, 0.05) is 6.92 Å². The zero-order valence-electron chi connectivity index (χ0n) is 7.97. The van der Waals surface area contributed by atoms with E-state index in [0.717, 1.165) is 6.07 Å². The van der Waals surface area contributed by atoms with Crippen LogP contribution in [0.1, 0.15) is 17.3 Å². The molecule has 0 fully saturated rings. The van der Waals surface area contributed by atoms with Gasteiger partial charge in [0.1, 0.15) is 0 Å². The van der Waals surface area contributed by atoms with Crippen molar-refractivity contribution in [3.05, 3.63) is 26.7 Å². The van der Waals surface area contributed by atoms with Gasteiger partial charge in [-0.15, -0.1) is 0 Å². The Labute approximate surface area is 106 Å². The van der Waals surface area contributed by atoms with Crippen LogP contribution in [0.25, 0.3) is 0 Å². The maximum atomic E-state index is 10.9. The molecule has 0 aromatic heterocycles. The van der Waals surface area contributed by atoms with Crippen LogP contribution in [0.2, 0.25) is 15.1 Å². The van der Waals surface area contributed by atoms with E-state index in [1.54, 1.807) is 0 Å². The highest BCUT2D eigenvalue weighted by atomic mass is 35.5. The predicted octanol–water partition coefficient (Wildman–Crippen LogP) is 3.30. The van der Waals surface area contributed by atoms with Crippen molar-refractivity contribution in [1.82, 2.24) is 0 Å². The van der Waals surface area contributed by atoms with E-state index in [-0.39, 0.29) is 26.3 Å². The van der Waals surface area contributed by atoms with Crippen molar-refractivity contribution in [2.24, 2.45) is 0 Å². The van der Waals surface area contributed by atoms with E-state index >= 15 is 0 Å². The quantitative estimate of drug-likeness (QED) is 0.818. The Kier molecular flexibility index (Phi) is 4.02. The molecule has 0 bridgehead atoms. The average Bonchev–Trinajstić information content (AvgIpc) is 2.17. The Hall–Kier alpha value is -0.970. The third-order valence-electron chi connectivity index (χ3n) is 1.69. The summed E-state index contributed by atoms with van der Waals surface area (Å²) in [6.45, 7) is 1.23. The fourth-order valence-corrected chi connectivity index (χ4v) is 1.71. The molecule has 0 aliphatic carbocycles. The van der Waals surface area contributed by atoms with Gasteiger partial charge in [-0.3, -0.25) is 4.79 Å². The molecule has 1 aromatic carbocycles. The van der Waals surface area contributed by atoms with Gasteiger partial charge in [-0.1, -0.05) is 34.8 Å². The fraction of sp³-hybridized carbons (Fsp3) is 0.111. The largest absolute Gasteiger partial charge is 0.478 e. The van der Waals surface area contributed by atoms with Gasteiger partial charge >= 0.3 is 5.97 Å². The molecule has 0 radical (unpaired) electrons. The number of carbonyl (C=O) groups excluding carboxylic acids is 1. The summed E-state index contributed by atoms with van der Waals surface area (Å²) in [6.07, 6.45) is 0. The molecule has 0 atom stereocenters. The first kappa shape index (κ1) is 13.1. The first-order valence-electron chi connectivity index (χ1n) is 4.03. The van der Waals surface area contributed by atoms with Crippen LogP contribution in [0, 0.1) is 0 Å². The lowest BCUT2D eigenvalue weighted by atomic mass is 10.1. The number of halogens is 3. The van der Waals surface area contributed by atoms with Crippen molar-refractivity contribution < 1.29 is 14.7 Å². The van der Waals surface area contributed by atoms with Crippen LogP contribution < -0.4 is 5.32 Å². The summed E-state index contributed by atoms with van der Waals surface area (Å²) in [5.41, 5.74) is -0.273. The van der Waals surface area contributed by atoms with Gasteiger partial charge in [-0.25, -0.2) is 4.79 Å². The standard InChI is InChI=1S/C9H6Cl3NO3/c1-3(14)13-8-4(9(15)16)2-5(10)6(11)7(8)12/h2H,1H3,(H,13,14)(H,15,16). The number of rotatable bonds is 2. The molecule has 0 unspecified atom stereocenters. The molecule has 16 heavy (non-hydrogen) atoms. The van der Waals surface area contributed by atoms with Crippen molar-refractivity contribution in [2.45, 2.75) is 6.92 Å². The van der Waals surface area contributed by atoms with Crippen molar-refractivity contribution >= 4 is 52.4 Å². The van der Waals surface area contributed by atoms with E-state index in [9.17, 15) is 9.59 Å². The van der Waals surface area contributed by atoms with E-state index in [1.165, 1.54) is 6.92 Å². The minimum absolute atomic E-state index is 0.00270. The van der Waals surface area contributed by atoms with Crippen LogP contribution in [0.3, 0.4) is 0 Å². The van der Waals surface area contributed by atoms with E-state index in [0.29, 0.717) is 0 Å². The molecule has 0 aliphatic rings. The number of carboxylic acid groups (broad SMARTS) is 1. The summed E-state index contributed by atoms with van der Waals surface area (Å²) in [5, 5.41) is 11.1. The van der Waals surface area contributed by atoms with Gasteiger partial charge in [-0.2, -0.15) is 0 Å². The Bertz CT molecular complexity index is 474. The number of benzene rings is 1. The van der Waals surface area contributed by atoms with Gasteiger partial charge < -0.3 is 10.4 Å². The Morgan fingerprint density at radius 1 is 1.25 bits per heavy atom. The summed E-state index contributed by atoms with van der Waals surface area (Å²) < 4.78 is 0. The molecule has 0 heterocycles. The lowest BCUT2D eigenvalue weighted by molar-refractivity contribution is -0.114. The molecule has 7 heteroatoms. The van der Waals surface area contributed by atoms with Crippen molar-refractivity contribution in [1.29, 1.82) is 0 Å². The number of carbonyl (C=O) groups is 2. The summed E-state index contributed by atoms with van der Waals surface area (Å²) in [4.78, 5) is 21.8. The van der Waals surface area contributed by atoms with E-state index in [4.69, 9.17) is 39.9 Å². The molecule has 2 N–H and O–H groups in total. The Balaban J connectivity index is 3.47. The third-order valence-corrected chi connectivity index (χ3v) is 2.96. The van der Waals surface area contributed by atoms with Gasteiger partial charge in [0.05, 0.1) is 26.3 Å². The van der Waals surface area contributed by atoms with Gasteiger partial charge in [-0.05, 0) is 6.07 Å². The normalized spacial score (nSPS) is 10.0. The molecule has 1 amide bonds. The highest BCUT2D eigenvalue weighted by Gasteiger charge is 2.19. The molecule has 0 spiro atoms. The first-order valence-corrected chi connectivity index (χ1v) is 5.16. The lowest BCUT2D eigenvalue weighted by Crippen LogP contribution is -2.11. The fourth-order valence-electron chi connectivity index (χ4n) is 1.06. The van der Waals surface area contributed by atoms with E-state index in [1.807, 2.05) is 0 Å². The maximum absolute atomic E-state index is 10.9. The lowest BCUT2D eigenvalue weighted by Gasteiger charge is -2.11. The van der Waals surface area contributed by atoms with Crippen molar-refractivity contribution in [3.63, 3.8) is 0 Å². The second-order valence-corrected chi connectivity index (χ2v) is 4.06. The summed E-state index contributed by atoms with van der Waals surface area (Å²) >= 11 is 17.2. The molecule has 0 aliphatic heterocycles.